The maximum atomic E-state index is 4.30. The summed E-state index contributed by atoms with van der Waals surface area (Å²) in [7, 11) is 0.850. The molecule has 1 aliphatic heterocycles. The maximum absolute atomic E-state index is 4.30. The van der Waals surface area contributed by atoms with Crippen molar-refractivity contribution in [3.63, 3.8) is 0 Å². The molecule has 0 saturated carbocycles. The third-order valence-corrected chi connectivity index (χ3v) is 19.5. The van der Waals surface area contributed by atoms with Crippen molar-refractivity contribution in [2.75, 3.05) is 5.32 Å². The summed E-state index contributed by atoms with van der Waals surface area (Å²) in [5.41, 5.74) is 27.9. The second-order valence-corrected chi connectivity index (χ2v) is 24.9. The molecule has 0 amide bonds. The van der Waals surface area contributed by atoms with Gasteiger partial charge in [0, 0.05) is 36.8 Å². The van der Waals surface area contributed by atoms with Crippen LogP contribution >= 0.6 is 11.3 Å². The zero-order valence-electron chi connectivity index (χ0n) is 43.0. The topological polar surface area (TPSA) is 12.0 Å². The van der Waals surface area contributed by atoms with Crippen LogP contribution in [0.25, 0.3) is 48.0 Å². The maximum Gasteiger partial charge on any atom is 0.194 e. The van der Waals surface area contributed by atoms with Crippen molar-refractivity contribution in [1.82, 2.24) is 0 Å². The van der Waals surface area contributed by atoms with E-state index in [-0.39, 0.29) is 16.2 Å². The quantitative estimate of drug-likeness (QED) is 0.170. The molecule has 14 rings (SSSR count). The Morgan fingerprint density at radius 3 is 2.07 bits per heavy atom. The van der Waals surface area contributed by atoms with Crippen LogP contribution < -0.4 is 16.2 Å². The minimum absolute atomic E-state index is 0.0921. The second-order valence-electron chi connectivity index (χ2n) is 23.8. The molecule has 0 unspecified atom stereocenters. The first-order valence-electron chi connectivity index (χ1n) is 27.1. The van der Waals surface area contributed by atoms with Gasteiger partial charge >= 0.3 is 0 Å². The summed E-state index contributed by atoms with van der Waals surface area (Å²) in [5.74, 6) is 0. The molecule has 72 heavy (non-hydrogen) atoms. The highest BCUT2D eigenvalue weighted by Crippen LogP contribution is 2.58. The standard InChI is InChI=1S/C69H64BNS/c1-66(2)36-37-67(3,4)55-41-47(32-34-53(55)66)71-65-50(33-35-59-62(65)49-26-15-18-31-58(49)72-59)63-61-48-25-14-17-28-52(48)68(5,6)56(61)40-44-39-43-38-42-20-13-16-27-51(42)69(45-21-9-7-10-22-45,46-23-11-8-12-24-46)54-29-19-30-57(60(43)54)70-64(44)63/h9,11,14-15,17-35,38,40-41,70-71H,7-8,10,12-13,16,36-37,39H2,1-6H3. The molecule has 354 valence electrons. The van der Waals surface area contributed by atoms with E-state index in [9.17, 15) is 0 Å². The van der Waals surface area contributed by atoms with Gasteiger partial charge in [-0.25, -0.2) is 0 Å². The minimum Gasteiger partial charge on any atom is -0.354 e. The third kappa shape index (κ3) is 6.38. The molecule has 0 radical (unpaired) electrons. The molecular weight excluding hydrogens is 886 g/mol. The van der Waals surface area contributed by atoms with E-state index >= 15 is 0 Å². The molecule has 1 aromatic heterocycles. The van der Waals surface area contributed by atoms with Gasteiger partial charge in [0.2, 0.25) is 0 Å². The van der Waals surface area contributed by atoms with Gasteiger partial charge < -0.3 is 5.32 Å². The average Bonchev–Trinajstić information content (AvgIpc) is 3.77. The number of anilines is 2. The Morgan fingerprint density at radius 1 is 0.556 bits per heavy atom. The molecule has 1 nitrogen and oxygen atoms in total. The number of allylic oxidation sites excluding steroid dienone is 14. The van der Waals surface area contributed by atoms with Crippen LogP contribution in [0, 0.1) is 0 Å². The van der Waals surface area contributed by atoms with E-state index in [2.05, 4.69) is 205 Å². The van der Waals surface area contributed by atoms with E-state index in [1.807, 2.05) is 11.3 Å². The van der Waals surface area contributed by atoms with Crippen molar-refractivity contribution < 1.29 is 0 Å². The van der Waals surface area contributed by atoms with Gasteiger partial charge in [-0.1, -0.05) is 186 Å². The summed E-state index contributed by atoms with van der Waals surface area (Å²) >= 11 is 1.92. The molecule has 7 aromatic rings. The van der Waals surface area contributed by atoms with E-state index in [0.717, 1.165) is 52.2 Å². The third-order valence-electron chi connectivity index (χ3n) is 18.4. The lowest BCUT2D eigenvalue weighted by Gasteiger charge is -2.43. The number of benzene rings is 6. The molecule has 0 spiro atoms. The van der Waals surface area contributed by atoms with Gasteiger partial charge in [0.1, 0.15) is 0 Å². The number of thiophene rings is 1. The number of rotatable bonds is 5. The Balaban J connectivity index is 1.07. The van der Waals surface area contributed by atoms with Gasteiger partial charge in [0.05, 0.1) is 11.1 Å². The molecule has 0 saturated heterocycles. The number of hydrogen-bond donors (Lipinski definition) is 1. The lowest BCUT2D eigenvalue weighted by Crippen LogP contribution is -2.38. The van der Waals surface area contributed by atoms with Crippen LogP contribution in [-0.4, -0.2) is 7.28 Å². The number of nitrogens with one attached hydrogen (secondary N) is 1. The zero-order valence-corrected chi connectivity index (χ0v) is 43.8. The Hall–Kier alpha value is -6.42. The van der Waals surface area contributed by atoms with Crippen LogP contribution in [0.1, 0.15) is 132 Å². The fourth-order valence-corrected chi connectivity index (χ4v) is 15.8. The van der Waals surface area contributed by atoms with Crippen molar-refractivity contribution in [2.24, 2.45) is 0 Å². The highest BCUT2D eigenvalue weighted by atomic mass is 32.1. The van der Waals surface area contributed by atoms with E-state index in [4.69, 9.17) is 0 Å². The van der Waals surface area contributed by atoms with Crippen molar-refractivity contribution in [2.45, 2.75) is 121 Å². The van der Waals surface area contributed by atoms with E-state index in [1.54, 1.807) is 0 Å². The largest absolute Gasteiger partial charge is 0.354 e. The summed E-state index contributed by atoms with van der Waals surface area (Å²) in [6.07, 6.45) is 32.6. The van der Waals surface area contributed by atoms with Gasteiger partial charge in [0.25, 0.3) is 0 Å². The highest BCUT2D eigenvalue weighted by Gasteiger charge is 2.48. The van der Waals surface area contributed by atoms with Gasteiger partial charge in [-0.3, -0.25) is 0 Å². The lowest BCUT2D eigenvalue weighted by atomic mass is 9.55. The van der Waals surface area contributed by atoms with Crippen molar-refractivity contribution >= 4 is 66.7 Å². The van der Waals surface area contributed by atoms with Crippen LogP contribution in [0.3, 0.4) is 0 Å². The van der Waals surface area contributed by atoms with Gasteiger partial charge in [-0.2, -0.15) is 0 Å². The smallest absolute Gasteiger partial charge is 0.194 e. The average molecular weight is 950 g/mol. The fraction of sp³-hybridized carbons (Fsp3) is 0.275. The molecular formula is C69H64BNS. The predicted molar refractivity (Wildman–Crippen MR) is 312 cm³/mol. The van der Waals surface area contributed by atoms with Crippen molar-refractivity contribution in [3.8, 4) is 22.3 Å². The minimum atomic E-state index is -0.396. The van der Waals surface area contributed by atoms with E-state index in [1.165, 1.54) is 144 Å². The van der Waals surface area contributed by atoms with Crippen LogP contribution in [0.2, 0.25) is 0 Å². The molecule has 6 aromatic carbocycles. The van der Waals surface area contributed by atoms with E-state index in [0.29, 0.717) is 0 Å². The van der Waals surface area contributed by atoms with Crippen LogP contribution in [0.4, 0.5) is 11.4 Å². The summed E-state index contributed by atoms with van der Waals surface area (Å²) < 4.78 is 2.65. The fourth-order valence-electron chi connectivity index (χ4n) is 14.7. The van der Waals surface area contributed by atoms with Gasteiger partial charge in [-0.15, -0.1) is 11.3 Å². The molecule has 0 bridgehead atoms. The Labute approximate surface area is 431 Å². The van der Waals surface area contributed by atoms with Gasteiger partial charge in [0.15, 0.2) is 7.28 Å². The summed E-state index contributed by atoms with van der Waals surface area (Å²) in [6, 6.07) is 40.8. The summed E-state index contributed by atoms with van der Waals surface area (Å²) in [5, 5.41) is 6.95. The molecule has 0 fully saturated rings. The highest BCUT2D eigenvalue weighted by molar-refractivity contribution is 7.26. The van der Waals surface area contributed by atoms with Crippen molar-refractivity contribution in [1.29, 1.82) is 0 Å². The molecule has 3 heteroatoms. The second kappa shape index (κ2) is 16.0. The molecule has 2 heterocycles. The SMILES string of the molecule is CC1(C)CCC(C)(C)c2cc(Nc3c(-c4c5c(cc6c4-c4ccccc4C6(C)C)CC4=CC6=CCCC=C6C(C6=CCCC=C6)(C6=CCCC=C6)c6cccc(c64)B5)ccc4sc5ccccc5c34)ccc21. The molecule has 0 atom stereocenters. The first-order valence-corrected chi connectivity index (χ1v) is 27.9. The monoisotopic (exact) mass is 949 g/mol. The first-order chi connectivity index (χ1) is 34.9. The van der Waals surface area contributed by atoms with Crippen molar-refractivity contribution in [3.05, 3.63) is 219 Å². The zero-order chi connectivity index (χ0) is 48.7. The molecule has 1 N–H and O–H groups in total. The molecule has 6 aliphatic carbocycles. The Bertz CT molecular complexity index is 3720. The Morgan fingerprint density at radius 2 is 1.28 bits per heavy atom. The summed E-state index contributed by atoms with van der Waals surface area (Å²) in [4.78, 5) is 0. The van der Waals surface area contributed by atoms with Crippen LogP contribution in [0.5, 0.6) is 0 Å². The number of fused-ring (bicyclic) bond motifs is 9. The van der Waals surface area contributed by atoms with Gasteiger partial charge in [-0.05, 0) is 176 Å². The number of hydrogen-bond acceptors (Lipinski definition) is 2. The van der Waals surface area contributed by atoms with Crippen LogP contribution in [-0.2, 0) is 28.1 Å². The summed E-state index contributed by atoms with van der Waals surface area (Å²) in [6.45, 7) is 14.7. The predicted octanol–water partition coefficient (Wildman–Crippen LogP) is 16.9. The molecule has 7 aliphatic rings. The Kier molecular flexibility index (Phi) is 9.87. The lowest BCUT2D eigenvalue weighted by molar-refractivity contribution is 0.332. The van der Waals surface area contributed by atoms with Crippen LogP contribution in [0.15, 0.2) is 180 Å². The first kappa shape index (κ1) is 44.3. The van der Waals surface area contributed by atoms with E-state index < -0.39 is 5.41 Å². The normalized spacial score (nSPS) is 20.2.